The second-order valence-corrected chi connectivity index (χ2v) is 6.89. The molecule has 0 amide bonds. The highest BCUT2D eigenvalue weighted by atomic mass is 32.2. The van der Waals surface area contributed by atoms with Gasteiger partial charge in [0.25, 0.3) is 0 Å². The van der Waals surface area contributed by atoms with E-state index in [1.54, 1.807) is 0 Å². The van der Waals surface area contributed by atoms with Crippen LogP contribution < -0.4 is 10.0 Å². The molecule has 0 aliphatic rings. The lowest BCUT2D eigenvalue weighted by molar-refractivity contribution is -0.137. The maximum absolute atomic E-state index is 13.3. The van der Waals surface area contributed by atoms with E-state index < -0.39 is 38.3 Å². The van der Waals surface area contributed by atoms with E-state index in [-0.39, 0.29) is 17.8 Å². The molecule has 0 unspecified atom stereocenters. The van der Waals surface area contributed by atoms with E-state index in [0.29, 0.717) is 6.07 Å². The fourth-order valence-corrected chi connectivity index (χ4v) is 2.79. The van der Waals surface area contributed by atoms with Gasteiger partial charge in [-0.25, -0.2) is 22.3 Å². The topological polar surface area (TPSA) is 63.4 Å². The van der Waals surface area contributed by atoms with Crippen molar-refractivity contribution < 1.29 is 30.4 Å². The van der Waals surface area contributed by atoms with Crippen LogP contribution in [0.1, 0.15) is 11.1 Å². The third kappa shape index (κ3) is 4.45. The maximum Gasteiger partial charge on any atom is 0.418 e. The zero-order valence-electron chi connectivity index (χ0n) is 12.8. The summed E-state index contributed by atoms with van der Waals surface area (Å²) in [7, 11) is -3.00. The van der Waals surface area contributed by atoms with Crippen LogP contribution >= 0.6 is 0 Å². The van der Waals surface area contributed by atoms with Gasteiger partial charge < -0.3 is 4.90 Å². The third-order valence-corrected chi connectivity index (χ3v) is 4.33. The fourth-order valence-electron chi connectivity index (χ4n) is 2.25. The highest BCUT2D eigenvalue weighted by Gasteiger charge is 2.35. The molecule has 0 atom stereocenters. The molecular formula is C15H13F5N2O2S. The summed E-state index contributed by atoms with van der Waals surface area (Å²) in [6.45, 7) is -0.158. The number of hydrogen-bond donors (Lipinski definition) is 1. The second-order valence-electron chi connectivity index (χ2n) is 5.33. The van der Waals surface area contributed by atoms with Crippen molar-refractivity contribution >= 4 is 15.7 Å². The maximum atomic E-state index is 13.3. The van der Waals surface area contributed by atoms with E-state index in [4.69, 9.17) is 5.14 Å². The van der Waals surface area contributed by atoms with E-state index in [9.17, 15) is 30.4 Å². The predicted molar refractivity (Wildman–Crippen MR) is 81.3 cm³/mol. The van der Waals surface area contributed by atoms with Gasteiger partial charge >= 0.3 is 6.18 Å². The zero-order valence-corrected chi connectivity index (χ0v) is 13.6. The Balaban J connectivity index is 2.44. The monoisotopic (exact) mass is 380 g/mol. The minimum Gasteiger partial charge on any atom is -0.370 e. The summed E-state index contributed by atoms with van der Waals surface area (Å²) in [6, 6.07) is 5.32. The molecule has 0 aromatic heterocycles. The summed E-state index contributed by atoms with van der Waals surface area (Å²) in [4.78, 5) is 0.465. The number of alkyl halides is 3. The van der Waals surface area contributed by atoms with E-state index >= 15 is 0 Å². The summed E-state index contributed by atoms with van der Waals surface area (Å²) >= 11 is 0. The molecule has 0 aliphatic carbocycles. The molecule has 0 heterocycles. The number of nitrogens with two attached hydrogens (primary N) is 1. The van der Waals surface area contributed by atoms with E-state index in [2.05, 4.69) is 0 Å². The summed E-state index contributed by atoms with van der Waals surface area (Å²) in [5, 5.41) is 4.86. The average molecular weight is 380 g/mol. The molecule has 0 aliphatic heterocycles. The molecule has 2 aromatic carbocycles. The second kappa shape index (κ2) is 6.60. The molecule has 0 bridgehead atoms. The number of nitrogens with zero attached hydrogens (tertiary/aromatic N) is 1. The van der Waals surface area contributed by atoms with Crippen LogP contribution in [0.5, 0.6) is 0 Å². The lowest BCUT2D eigenvalue weighted by Crippen LogP contribution is -2.22. The van der Waals surface area contributed by atoms with Crippen molar-refractivity contribution in [2.75, 3.05) is 11.9 Å². The van der Waals surface area contributed by atoms with Crippen molar-refractivity contribution in [3.8, 4) is 0 Å². The normalized spacial score (nSPS) is 12.3. The van der Waals surface area contributed by atoms with Gasteiger partial charge in [-0.15, -0.1) is 0 Å². The molecule has 0 radical (unpaired) electrons. The molecule has 25 heavy (non-hydrogen) atoms. The number of primary sulfonamides is 1. The van der Waals surface area contributed by atoms with Gasteiger partial charge in [-0.05, 0) is 35.9 Å². The lowest BCUT2D eigenvalue weighted by atomic mass is 10.1. The number of hydrogen-bond acceptors (Lipinski definition) is 3. The fraction of sp³-hybridized carbons (Fsp3) is 0.200. The van der Waals surface area contributed by atoms with Gasteiger partial charge in [-0.2, -0.15) is 13.2 Å². The van der Waals surface area contributed by atoms with Crippen LogP contribution in [0.15, 0.2) is 41.3 Å². The van der Waals surface area contributed by atoms with Crippen molar-refractivity contribution in [3.63, 3.8) is 0 Å². The number of halogens is 5. The van der Waals surface area contributed by atoms with E-state index in [1.165, 1.54) is 13.1 Å². The lowest BCUT2D eigenvalue weighted by Gasteiger charge is -2.24. The molecule has 0 spiro atoms. The van der Waals surface area contributed by atoms with E-state index in [1.807, 2.05) is 0 Å². The van der Waals surface area contributed by atoms with Gasteiger partial charge in [-0.1, -0.05) is 6.07 Å². The number of anilines is 1. The third-order valence-electron chi connectivity index (χ3n) is 3.42. The molecule has 0 fully saturated rings. The van der Waals surface area contributed by atoms with Gasteiger partial charge in [0.15, 0.2) is 11.6 Å². The van der Waals surface area contributed by atoms with Crippen LogP contribution in [-0.4, -0.2) is 15.5 Å². The van der Waals surface area contributed by atoms with Gasteiger partial charge in [0, 0.05) is 19.3 Å². The molecule has 4 nitrogen and oxygen atoms in total. The molecule has 0 saturated heterocycles. The molecule has 2 rings (SSSR count). The molecular weight excluding hydrogens is 367 g/mol. The molecule has 2 aromatic rings. The summed E-state index contributed by atoms with van der Waals surface area (Å²) in [6.07, 6.45) is -4.83. The first-order valence-electron chi connectivity index (χ1n) is 6.78. The number of rotatable bonds is 4. The Morgan fingerprint density at radius 2 is 1.68 bits per heavy atom. The summed E-state index contributed by atoms with van der Waals surface area (Å²) < 4.78 is 88.5. The average Bonchev–Trinajstić information content (AvgIpc) is 2.48. The van der Waals surface area contributed by atoms with Crippen LogP contribution in [0.25, 0.3) is 0 Å². The zero-order chi connectivity index (χ0) is 19.0. The van der Waals surface area contributed by atoms with Crippen LogP contribution in [0.2, 0.25) is 0 Å². The van der Waals surface area contributed by atoms with Crippen molar-refractivity contribution in [3.05, 3.63) is 59.2 Å². The number of sulfonamides is 1. The Hall–Kier alpha value is -2.20. The van der Waals surface area contributed by atoms with Crippen molar-refractivity contribution in [1.29, 1.82) is 0 Å². The molecule has 2 N–H and O–H groups in total. The minimum atomic E-state index is -4.83. The Morgan fingerprint density at radius 3 is 2.20 bits per heavy atom. The Morgan fingerprint density at radius 1 is 1.04 bits per heavy atom. The van der Waals surface area contributed by atoms with Gasteiger partial charge in [0.2, 0.25) is 10.0 Å². The first-order valence-corrected chi connectivity index (χ1v) is 8.33. The first-order chi connectivity index (χ1) is 11.4. The number of benzene rings is 2. The largest absolute Gasteiger partial charge is 0.418 e. The molecule has 10 heteroatoms. The van der Waals surface area contributed by atoms with Crippen LogP contribution in [0.4, 0.5) is 27.6 Å². The highest BCUT2D eigenvalue weighted by molar-refractivity contribution is 7.89. The Labute approximate surface area is 140 Å². The van der Waals surface area contributed by atoms with Crippen LogP contribution in [-0.2, 0) is 22.7 Å². The summed E-state index contributed by atoms with van der Waals surface area (Å²) in [5.41, 5.74) is -1.29. The quantitative estimate of drug-likeness (QED) is 0.828. The van der Waals surface area contributed by atoms with Gasteiger partial charge in [0.1, 0.15) is 0 Å². The highest BCUT2D eigenvalue weighted by Crippen LogP contribution is 2.38. The van der Waals surface area contributed by atoms with Gasteiger partial charge in [-0.3, -0.25) is 0 Å². The van der Waals surface area contributed by atoms with Crippen molar-refractivity contribution in [1.82, 2.24) is 0 Å². The Bertz CT molecular complexity index is 897. The Kier molecular flexibility index (Phi) is 5.05. The van der Waals surface area contributed by atoms with Crippen molar-refractivity contribution in [2.45, 2.75) is 17.6 Å². The van der Waals surface area contributed by atoms with E-state index in [0.717, 1.165) is 29.2 Å². The predicted octanol–water partition coefficient (Wildman–Crippen LogP) is 3.27. The smallest absolute Gasteiger partial charge is 0.370 e. The standard InChI is InChI=1S/C15H13F5N2O2S/c1-22(8-9-2-4-12(16)13(17)6-9)14-5-3-10(25(21,23)24)7-11(14)15(18,19)20/h2-7H,8H2,1H3,(H2,21,23,24). The van der Waals surface area contributed by atoms with Crippen LogP contribution in [0, 0.1) is 11.6 Å². The SMILES string of the molecule is CN(Cc1ccc(F)c(F)c1)c1ccc(S(N)(=O)=O)cc1C(F)(F)F. The van der Waals surface area contributed by atoms with Gasteiger partial charge in [0.05, 0.1) is 10.5 Å². The first kappa shape index (κ1) is 19.1. The summed E-state index contributed by atoms with van der Waals surface area (Å²) in [5.74, 6) is -2.19. The van der Waals surface area contributed by atoms with Crippen LogP contribution in [0.3, 0.4) is 0 Å². The minimum absolute atomic E-state index is 0.158. The molecule has 0 saturated carbocycles. The van der Waals surface area contributed by atoms with Crippen molar-refractivity contribution in [2.24, 2.45) is 5.14 Å². The molecule has 136 valence electrons.